The Morgan fingerprint density at radius 1 is 1.10 bits per heavy atom. The fourth-order valence-corrected chi connectivity index (χ4v) is 4.45. The summed E-state index contributed by atoms with van der Waals surface area (Å²) in [5, 5.41) is 22.7. The van der Waals surface area contributed by atoms with E-state index in [1.807, 2.05) is 48.1 Å². The molecule has 0 radical (unpaired) electrons. The molecule has 160 valence electrons. The number of nitrogens with zero attached hydrogens (tertiary/aromatic N) is 3. The van der Waals surface area contributed by atoms with Crippen molar-refractivity contribution < 1.29 is 5.11 Å². The molecule has 4 rings (SSSR count). The van der Waals surface area contributed by atoms with Crippen molar-refractivity contribution in [2.45, 2.75) is 26.1 Å². The topological polar surface area (TPSA) is 74.5 Å². The number of nitrogens with one attached hydrogen (secondary N) is 2. The number of hydrogen-bond acceptors (Lipinski definition) is 4. The molecule has 0 fully saturated rings. The second-order valence-corrected chi connectivity index (χ2v) is 8.37. The van der Waals surface area contributed by atoms with Crippen molar-refractivity contribution in [2.24, 2.45) is 4.99 Å². The van der Waals surface area contributed by atoms with Crippen LogP contribution in [0.3, 0.4) is 0 Å². The Kier molecular flexibility index (Phi) is 6.96. The number of aliphatic imine (C=N–C) groups is 1. The van der Waals surface area contributed by atoms with E-state index in [4.69, 9.17) is 4.99 Å². The second-order valence-electron chi connectivity index (χ2n) is 7.25. The van der Waals surface area contributed by atoms with Gasteiger partial charge in [-0.1, -0.05) is 42.5 Å². The van der Waals surface area contributed by atoms with Crippen molar-refractivity contribution in [2.75, 3.05) is 13.1 Å². The summed E-state index contributed by atoms with van der Waals surface area (Å²) in [6, 6.07) is 20.4. The zero-order valence-corrected chi connectivity index (χ0v) is 18.3. The van der Waals surface area contributed by atoms with Gasteiger partial charge in [-0.3, -0.25) is 4.68 Å². The lowest BCUT2D eigenvalue weighted by Gasteiger charge is -2.15. The molecule has 0 bridgehead atoms. The Bertz CT molecular complexity index is 1100. The molecule has 6 nitrogen and oxygen atoms in total. The molecular formula is C24H27N5OS. The Morgan fingerprint density at radius 3 is 2.68 bits per heavy atom. The molecule has 2 aromatic heterocycles. The maximum absolute atomic E-state index is 10.7. The molecular weight excluding hydrogens is 406 g/mol. The van der Waals surface area contributed by atoms with Gasteiger partial charge in [-0.05, 0) is 41.6 Å². The third kappa shape index (κ3) is 5.51. The van der Waals surface area contributed by atoms with Crippen molar-refractivity contribution in [3.8, 4) is 0 Å². The summed E-state index contributed by atoms with van der Waals surface area (Å²) >= 11 is 1.63. The molecule has 0 aliphatic carbocycles. The van der Waals surface area contributed by atoms with Gasteiger partial charge >= 0.3 is 0 Å². The second kappa shape index (κ2) is 10.2. The summed E-state index contributed by atoms with van der Waals surface area (Å²) in [4.78, 5) is 5.69. The molecule has 0 aliphatic heterocycles. The molecule has 7 heteroatoms. The van der Waals surface area contributed by atoms with E-state index in [0.29, 0.717) is 25.6 Å². The van der Waals surface area contributed by atoms with Gasteiger partial charge in [0.25, 0.3) is 0 Å². The normalized spacial score (nSPS) is 12.8. The minimum absolute atomic E-state index is 0.396. The monoisotopic (exact) mass is 433 g/mol. The standard InChI is InChI=1S/C24H27N5OS/c1-2-25-24(27-16-21(30)23-14-18-8-5-6-11-22(18)31-23)26-15-19-9-3-4-10-20(19)17-29-13-7-12-28-29/h3-14,21,30H,2,15-17H2,1H3,(H2,25,26,27). The average molecular weight is 434 g/mol. The number of rotatable bonds is 8. The summed E-state index contributed by atoms with van der Waals surface area (Å²) < 4.78 is 3.10. The van der Waals surface area contributed by atoms with E-state index in [1.54, 1.807) is 17.5 Å². The van der Waals surface area contributed by atoms with Gasteiger partial charge in [0.1, 0.15) is 6.10 Å². The van der Waals surface area contributed by atoms with Crippen molar-refractivity contribution in [3.63, 3.8) is 0 Å². The largest absolute Gasteiger partial charge is 0.386 e. The lowest BCUT2D eigenvalue weighted by molar-refractivity contribution is 0.184. The van der Waals surface area contributed by atoms with Gasteiger partial charge in [-0.15, -0.1) is 11.3 Å². The van der Waals surface area contributed by atoms with Crippen molar-refractivity contribution in [1.29, 1.82) is 0 Å². The number of guanidine groups is 1. The van der Waals surface area contributed by atoms with Crippen LogP contribution in [0.4, 0.5) is 0 Å². The van der Waals surface area contributed by atoms with Crippen LogP contribution < -0.4 is 10.6 Å². The molecule has 0 saturated heterocycles. The van der Waals surface area contributed by atoms with Crippen LogP contribution in [0, 0.1) is 0 Å². The highest BCUT2D eigenvalue weighted by Crippen LogP contribution is 2.29. The van der Waals surface area contributed by atoms with Gasteiger partial charge in [0.15, 0.2) is 5.96 Å². The van der Waals surface area contributed by atoms with Gasteiger partial charge in [0.05, 0.1) is 13.1 Å². The summed E-state index contributed by atoms with van der Waals surface area (Å²) in [7, 11) is 0. The van der Waals surface area contributed by atoms with Gasteiger partial charge in [0, 0.05) is 35.1 Å². The van der Waals surface area contributed by atoms with Crippen molar-refractivity contribution in [1.82, 2.24) is 20.4 Å². The highest BCUT2D eigenvalue weighted by Gasteiger charge is 2.12. The summed E-state index contributed by atoms with van der Waals surface area (Å²) in [6.45, 7) is 4.44. The number of benzene rings is 2. The first kappa shape index (κ1) is 21.1. The molecule has 4 aromatic rings. The van der Waals surface area contributed by atoms with Gasteiger partial charge in [-0.2, -0.15) is 5.10 Å². The first-order chi connectivity index (χ1) is 15.2. The summed E-state index contributed by atoms with van der Waals surface area (Å²) in [6.07, 6.45) is 3.16. The number of hydrogen-bond donors (Lipinski definition) is 3. The molecule has 31 heavy (non-hydrogen) atoms. The number of aliphatic hydroxyl groups excluding tert-OH is 1. The van der Waals surface area contributed by atoms with E-state index in [2.05, 4.69) is 46.1 Å². The Morgan fingerprint density at radius 2 is 1.90 bits per heavy atom. The number of aromatic nitrogens is 2. The quantitative estimate of drug-likeness (QED) is 0.291. The minimum atomic E-state index is -0.589. The highest BCUT2D eigenvalue weighted by atomic mass is 32.1. The first-order valence-corrected chi connectivity index (χ1v) is 11.3. The first-order valence-electron chi connectivity index (χ1n) is 10.5. The van der Waals surface area contributed by atoms with Gasteiger partial charge < -0.3 is 15.7 Å². The molecule has 2 heterocycles. The number of aliphatic hydroxyl groups is 1. The molecule has 0 saturated carbocycles. The van der Waals surface area contributed by atoms with Crippen molar-refractivity contribution in [3.05, 3.63) is 89.1 Å². The Hall–Kier alpha value is -3.16. The van der Waals surface area contributed by atoms with Crippen LogP contribution in [0.2, 0.25) is 0 Å². The minimum Gasteiger partial charge on any atom is -0.386 e. The van der Waals surface area contributed by atoms with Crippen LogP contribution in [0.1, 0.15) is 29.0 Å². The summed E-state index contributed by atoms with van der Waals surface area (Å²) in [5.41, 5.74) is 2.34. The third-order valence-electron chi connectivity index (χ3n) is 5.00. The smallest absolute Gasteiger partial charge is 0.191 e. The fourth-order valence-electron chi connectivity index (χ4n) is 3.40. The average Bonchev–Trinajstić information content (AvgIpc) is 3.46. The van der Waals surface area contributed by atoms with Crippen LogP contribution in [-0.4, -0.2) is 33.9 Å². The highest BCUT2D eigenvalue weighted by molar-refractivity contribution is 7.19. The van der Waals surface area contributed by atoms with E-state index < -0.39 is 6.10 Å². The number of fused-ring (bicyclic) bond motifs is 1. The van der Waals surface area contributed by atoms with Crippen LogP contribution in [-0.2, 0) is 13.1 Å². The zero-order chi connectivity index (χ0) is 21.5. The van der Waals surface area contributed by atoms with Crippen molar-refractivity contribution >= 4 is 27.4 Å². The SMILES string of the molecule is CCNC(=NCc1ccccc1Cn1cccn1)NCC(O)c1cc2ccccc2s1. The van der Waals surface area contributed by atoms with Crippen LogP contribution >= 0.6 is 11.3 Å². The van der Waals surface area contributed by atoms with E-state index in [9.17, 15) is 5.11 Å². The molecule has 1 unspecified atom stereocenters. The number of thiophene rings is 1. The predicted octanol–water partition coefficient (Wildman–Crippen LogP) is 3.93. The zero-order valence-electron chi connectivity index (χ0n) is 17.5. The predicted molar refractivity (Wildman–Crippen MR) is 127 cm³/mol. The third-order valence-corrected chi connectivity index (χ3v) is 6.21. The van der Waals surface area contributed by atoms with Crippen LogP contribution in [0.25, 0.3) is 10.1 Å². The fraction of sp³-hybridized carbons (Fsp3) is 0.250. The maximum atomic E-state index is 10.7. The van der Waals surface area contributed by atoms with E-state index in [1.165, 1.54) is 10.3 Å². The molecule has 1 atom stereocenters. The van der Waals surface area contributed by atoms with E-state index in [-0.39, 0.29) is 0 Å². The van der Waals surface area contributed by atoms with Crippen LogP contribution in [0.15, 0.2) is 78.0 Å². The molecule has 0 amide bonds. The molecule has 3 N–H and O–H groups in total. The van der Waals surface area contributed by atoms with Crippen LogP contribution in [0.5, 0.6) is 0 Å². The van der Waals surface area contributed by atoms with Gasteiger partial charge in [0.2, 0.25) is 0 Å². The Balaban J connectivity index is 1.41. The maximum Gasteiger partial charge on any atom is 0.191 e. The summed E-state index contributed by atoms with van der Waals surface area (Å²) in [5.74, 6) is 0.691. The molecule has 2 aromatic carbocycles. The Labute approximate surface area is 186 Å². The lowest BCUT2D eigenvalue weighted by Crippen LogP contribution is -2.39. The van der Waals surface area contributed by atoms with Gasteiger partial charge in [-0.25, -0.2) is 4.99 Å². The molecule has 0 spiro atoms. The van der Waals surface area contributed by atoms with E-state index >= 15 is 0 Å². The lowest BCUT2D eigenvalue weighted by atomic mass is 10.1. The molecule has 0 aliphatic rings. The van der Waals surface area contributed by atoms with E-state index in [0.717, 1.165) is 22.4 Å².